The Kier molecular flexibility index (Phi) is 5.26. The molecular weight excluding hydrogens is 254 g/mol. The Bertz CT molecular complexity index is 351. The predicted molar refractivity (Wildman–Crippen MR) is 78.4 cm³/mol. The highest BCUT2D eigenvalue weighted by atomic mass is 16.2. The maximum atomic E-state index is 12.3. The molecule has 0 aromatic heterocycles. The van der Waals surface area contributed by atoms with Crippen molar-refractivity contribution >= 4 is 11.9 Å². The summed E-state index contributed by atoms with van der Waals surface area (Å²) in [7, 11) is 0. The number of hydrogen-bond donors (Lipinski definition) is 1. The SMILES string of the molecule is CCCCC(C)C(=O)N1CCC(N2CCNC2=O)CC1. The summed E-state index contributed by atoms with van der Waals surface area (Å²) in [6.07, 6.45) is 5.09. The van der Waals surface area contributed by atoms with Crippen molar-refractivity contribution in [1.29, 1.82) is 0 Å². The average Bonchev–Trinajstić information content (AvgIpc) is 2.90. The number of amides is 3. The van der Waals surface area contributed by atoms with Gasteiger partial charge in [-0.3, -0.25) is 4.79 Å². The zero-order valence-corrected chi connectivity index (χ0v) is 12.7. The first kappa shape index (κ1) is 15.1. The molecule has 2 heterocycles. The second-order valence-electron chi connectivity index (χ2n) is 6.03. The fraction of sp³-hybridized carbons (Fsp3) is 0.867. The zero-order valence-electron chi connectivity index (χ0n) is 12.7. The molecule has 0 aromatic rings. The van der Waals surface area contributed by atoms with Gasteiger partial charge in [0.25, 0.3) is 0 Å². The number of carbonyl (C=O) groups excluding carboxylic acids is 2. The minimum absolute atomic E-state index is 0.0612. The van der Waals surface area contributed by atoms with Crippen LogP contribution in [0.5, 0.6) is 0 Å². The Morgan fingerprint density at radius 3 is 2.60 bits per heavy atom. The van der Waals surface area contributed by atoms with E-state index in [-0.39, 0.29) is 11.9 Å². The Morgan fingerprint density at radius 1 is 1.35 bits per heavy atom. The van der Waals surface area contributed by atoms with Crippen LogP contribution in [0.1, 0.15) is 46.0 Å². The number of hydrogen-bond acceptors (Lipinski definition) is 2. The van der Waals surface area contributed by atoms with Crippen LogP contribution in [0.4, 0.5) is 4.79 Å². The zero-order chi connectivity index (χ0) is 14.5. The number of likely N-dealkylation sites (tertiary alicyclic amines) is 1. The van der Waals surface area contributed by atoms with E-state index < -0.39 is 0 Å². The average molecular weight is 281 g/mol. The van der Waals surface area contributed by atoms with Gasteiger partial charge in [-0.2, -0.15) is 0 Å². The molecule has 0 bridgehead atoms. The van der Waals surface area contributed by atoms with Gasteiger partial charge in [-0.15, -0.1) is 0 Å². The summed E-state index contributed by atoms with van der Waals surface area (Å²) in [4.78, 5) is 27.9. The van der Waals surface area contributed by atoms with Crippen molar-refractivity contribution < 1.29 is 9.59 Å². The van der Waals surface area contributed by atoms with Crippen LogP contribution in [-0.4, -0.2) is 54.0 Å². The number of carbonyl (C=O) groups is 2. The molecule has 2 fully saturated rings. The van der Waals surface area contributed by atoms with Gasteiger partial charge in [0.05, 0.1) is 0 Å². The highest BCUT2D eigenvalue weighted by Gasteiger charge is 2.32. The van der Waals surface area contributed by atoms with Crippen molar-refractivity contribution in [1.82, 2.24) is 15.1 Å². The molecule has 0 spiro atoms. The van der Waals surface area contributed by atoms with Crippen LogP contribution in [0.25, 0.3) is 0 Å². The number of piperidine rings is 1. The summed E-state index contributed by atoms with van der Waals surface area (Å²) in [5.74, 6) is 0.435. The molecule has 5 nitrogen and oxygen atoms in total. The number of rotatable bonds is 5. The van der Waals surface area contributed by atoms with Crippen LogP contribution >= 0.6 is 0 Å². The summed E-state index contributed by atoms with van der Waals surface area (Å²) < 4.78 is 0. The van der Waals surface area contributed by atoms with Gasteiger partial charge in [0.2, 0.25) is 5.91 Å². The molecule has 1 N–H and O–H groups in total. The van der Waals surface area contributed by atoms with Crippen LogP contribution in [0.2, 0.25) is 0 Å². The lowest BCUT2D eigenvalue weighted by Gasteiger charge is -2.37. The fourth-order valence-electron chi connectivity index (χ4n) is 3.18. The van der Waals surface area contributed by atoms with E-state index >= 15 is 0 Å². The normalized spacial score (nSPS) is 22.0. The minimum atomic E-state index is 0.0612. The highest BCUT2D eigenvalue weighted by Crippen LogP contribution is 2.21. The molecule has 2 aliphatic rings. The van der Waals surface area contributed by atoms with E-state index in [2.05, 4.69) is 12.2 Å². The standard InChI is InChI=1S/C15H27N3O2/c1-3-4-5-12(2)14(19)17-9-6-13(7-10-17)18-11-8-16-15(18)20/h12-13H,3-11H2,1-2H3,(H,16,20). The summed E-state index contributed by atoms with van der Waals surface area (Å²) >= 11 is 0. The van der Waals surface area contributed by atoms with Crippen molar-refractivity contribution in [3.05, 3.63) is 0 Å². The maximum Gasteiger partial charge on any atom is 0.317 e. The second-order valence-corrected chi connectivity index (χ2v) is 6.03. The molecular formula is C15H27N3O2. The van der Waals surface area contributed by atoms with Gasteiger partial charge in [-0.25, -0.2) is 4.79 Å². The number of nitrogens with one attached hydrogen (secondary N) is 1. The third kappa shape index (κ3) is 3.44. The first-order valence-corrected chi connectivity index (χ1v) is 7.96. The first-order valence-electron chi connectivity index (χ1n) is 7.96. The topological polar surface area (TPSA) is 52.7 Å². The van der Waals surface area contributed by atoms with Gasteiger partial charge in [-0.05, 0) is 19.3 Å². The van der Waals surface area contributed by atoms with E-state index in [1.165, 1.54) is 0 Å². The molecule has 0 aromatic carbocycles. The number of unbranched alkanes of at least 4 members (excludes halogenated alkanes) is 1. The third-order valence-electron chi connectivity index (χ3n) is 4.52. The Labute approximate surface area is 121 Å². The van der Waals surface area contributed by atoms with Crippen molar-refractivity contribution in [2.24, 2.45) is 5.92 Å². The smallest absolute Gasteiger partial charge is 0.317 e. The van der Waals surface area contributed by atoms with E-state index in [4.69, 9.17) is 0 Å². The predicted octanol–water partition coefficient (Wildman–Crippen LogP) is 1.83. The van der Waals surface area contributed by atoms with Crippen molar-refractivity contribution in [2.45, 2.75) is 52.0 Å². The lowest BCUT2D eigenvalue weighted by Crippen LogP contribution is -2.48. The molecule has 2 rings (SSSR count). The third-order valence-corrected chi connectivity index (χ3v) is 4.52. The Balaban J connectivity index is 1.78. The van der Waals surface area contributed by atoms with Crippen molar-refractivity contribution in [3.8, 4) is 0 Å². The summed E-state index contributed by atoms with van der Waals surface area (Å²) in [6, 6.07) is 0.374. The first-order chi connectivity index (χ1) is 9.63. The quantitative estimate of drug-likeness (QED) is 0.836. The van der Waals surface area contributed by atoms with Gasteiger partial charge in [0.15, 0.2) is 0 Å². The van der Waals surface area contributed by atoms with E-state index in [1.807, 2.05) is 16.7 Å². The van der Waals surface area contributed by atoms with E-state index in [0.29, 0.717) is 11.9 Å². The van der Waals surface area contributed by atoms with Gasteiger partial charge in [0.1, 0.15) is 0 Å². The monoisotopic (exact) mass is 281 g/mol. The summed E-state index contributed by atoms with van der Waals surface area (Å²) in [6.45, 7) is 7.35. The molecule has 114 valence electrons. The molecule has 0 radical (unpaired) electrons. The van der Waals surface area contributed by atoms with Crippen molar-refractivity contribution in [2.75, 3.05) is 26.2 Å². The summed E-state index contributed by atoms with van der Waals surface area (Å²) in [5, 5.41) is 2.85. The lowest BCUT2D eigenvalue weighted by atomic mass is 9.99. The molecule has 0 aliphatic carbocycles. The van der Waals surface area contributed by atoms with Gasteiger partial charge < -0.3 is 15.1 Å². The van der Waals surface area contributed by atoms with E-state index in [9.17, 15) is 9.59 Å². The molecule has 20 heavy (non-hydrogen) atoms. The van der Waals surface area contributed by atoms with Crippen LogP contribution in [-0.2, 0) is 4.79 Å². The van der Waals surface area contributed by atoms with Crippen LogP contribution < -0.4 is 5.32 Å². The van der Waals surface area contributed by atoms with E-state index in [0.717, 1.165) is 58.3 Å². The second kappa shape index (κ2) is 6.95. The fourth-order valence-corrected chi connectivity index (χ4v) is 3.18. The minimum Gasteiger partial charge on any atom is -0.342 e. The molecule has 3 amide bonds. The van der Waals surface area contributed by atoms with Crippen LogP contribution in [0.3, 0.4) is 0 Å². The lowest BCUT2D eigenvalue weighted by molar-refractivity contribution is -0.136. The molecule has 1 unspecified atom stereocenters. The molecule has 2 saturated heterocycles. The number of nitrogens with zero attached hydrogens (tertiary/aromatic N) is 2. The van der Waals surface area contributed by atoms with Crippen molar-refractivity contribution in [3.63, 3.8) is 0 Å². The molecule has 1 atom stereocenters. The van der Waals surface area contributed by atoms with Gasteiger partial charge in [-0.1, -0.05) is 26.7 Å². The Hall–Kier alpha value is -1.26. The molecule has 2 aliphatic heterocycles. The summed E-state index contributed by atoms with van der Waals surface area (Å²) in [5.41, 5.74) is 0. The maximum absolute atomic E-state index is 12.3. The van der Waals surface area contributed by atoms with Gasteiger partial charge in [0, 0.05) is 38.1 Å². The number of urea groups is 1. The Morgan fingerprint density at radius 2 is 2.05 bits per heavy atom. The highest BCUT2D eigenvalue weighted by molar-refractivity contribution is 5.79. The van der Waals surface area contributed by atoms with Gasteiger partial charge >= 0.3 is 6.03 Å². The molecule has 0 saturated carbocycles. The largest absolute Gasteiger partial charge is 0.342 e. The molecule has 5 heteroatoms. The van der Waals surface area contributed by atoms with E-state index in [1.54, 1.807) is 0 Å². The van der Waals surface area contributed by atoms with Crippen LogP contribution in [0, 0.1) is 5.92 Å². The van der Waals surface area contributed by atoms with Crippen LogP contribution in [0.15, 0.2) is 0 Å².